The summed E-state index contributed by atoms with van der Waals surface area (Å²) < 4.78 is 5.61. The first-order valence-electron chi connectivity index (χ1n) is 8.84. The molecule has 0 saturated carbocycles. The van der Waals surface area contributed by atoms with Gasteiger partial charge in [-0.15, -0.1) is 0 Å². The maximum absolute atomic E-state index is 12.3. The second-order valence-corrected chi connectivity index (χ2v) is 6.46. The standard InChI is InChI=1S/C19H24N4O3/c1-14-4-5-16(26-14)13-23-10-9-22-19(25)17(23)11-18(24)21-8-6-15-3-2-7-20-12-15/h2-5,7,12,17H,6,8-11,13H2,1H3,(H,21,24)(H,22,25). The summed E-state index contributed by atoms with van der Waals surface area (Å²) in [6.07, 6.45) is 4.36. The summed E-state index contributed by atoms with van der Waals surface area (Å²) in [7, 11) is 0. The predicted molar refractivity (Wildman–Crippen MR) is 96.2 cm³/mol. The van der Waals surface area contributed by atoms with E-state index in [4.69, 9.17) is 4.42 Å². The number of hydrogen-bond donors (Lipinski definition) is 2. The lowest BCUT2D eigenvalue weighted by molar-refractivity contribution is -0.134. The van der Waals surface area contributed by atoms with E-state index < -0.39 is 6.04 Å². The lowest BCUT2D eigenvalue weighted by Gasteiger charge is -2.34. The van der Waals surface area contributed by atoms with Crippen molar-refractivity contribution >= 4 is 11.8 Å². The minimum atomic E-state index is -0.479. The molecule has 1 fully saturated rings. The Kier molecular flexibility index (Phi) is 6.01. The van der Waals surface area contributed by atoms with Crippen molar-refractivity contribution < 1.29 is 14.0 Å². The molecular weight excluding hydrogens is 332 g/mol. The molecule has 1 saturated heterocycles. The number of aromatic nitrogens is 1. The summed E-state index contributed by atoms with van der Waals surface area (Å²) in [6.45, 7) is 4.21. The molecule has 2 aromatic rings. The lowest BCUT2D eigenvalue weighted by Crippen LogP contribution is -2.56. The Morgan fingerprint density at radius 3 is 3.04 bits per heavy atom. The van der Waals surface area contributed by atoms with E-state index in [0.29, 0.717) is 32.6 Å². The van der Waals surface area contributed by atoms with Crippen molar-refractivity contribution in [3.63, 3.8) is 0 Å². The summed E-state index contributed by atoms with van der Waals surface area (Å²) in [5, 5.41) is 5.73. The van der Waals surface area contributed by atoms with E-state index in [1.54, 1.807) is 12.4 Å². The van der Waals surface area contributed by atoms with E-state index in [-0.39, 0.29) is 18.2 Å². The zero-order valence-corrected chi connectivity index (χ0v) is 14.9. The molecule has 7 heteroatoms. The normalized spacial score (nSPS) is 17.7. The van der Waals surface area contributed by atoms with Crippen LogP contribution in [0.1, 0.15) is 23.5 Å². The fraction of sp³-hybridized carbons (Fsp3) is 0.421. The molecule has 1 aliphatic rings. The highest BCUT2D eigenvalue weighted by atomic mass is 16.3. The van der Waals surface area contributed by atoms with E-state index in [0.717, 1.165) is 17.1 Å². The molecule has 1 unspecified atom stereocenters. The van der Waals surface area contributed by atoms with Gasteiger partial charge in [0.2, 0.25) is 11.8 Å². The molecule has 3 rings (SSSR count). The van der Waals surface area contributed by atoms with Crippen LogP contribution in [-0.4, -0.2) is 47.4 Å². The molecule has 2 N–H and O–H groups in total. The molecule has 0 spiro atoms. The number of aryl methyl sites for hydroxylation is 1. The fourth-order valence-electron chi connectivity index (χ4n) is 3.08. The van der Waals surface area contributed by atoms with Gasteiger partial charge in [-0.05, 0) is 37.1 Å². The van der Waals surface area contributed by atoms with Crippen molar-refractivity contribution in [1.29, 1.82) is 0 Å². The van der Waals surface area contributed by atoms with Gasteiger partial charge in [0.25, 0.3) is 0 Å². The van der Waals surface area contributed by atoms with Gasteiger partial charge in [0.05, 0.1) is 19.0 Å². The first-order valence-corrected chi connectivity index (χ1v) is 8.84. The van der Waals surface area contributed by atoms with Crippen molar-refractivity contribution in [2.24, 2.45) is 0 Å². The van der Waals surface area contributed by atoms with Crippen molar-refractivity contribution in [1.82, 2.24) is 20.5 Å². The van der Waals surface area contributed by atoms with E-state index in [1.807, 2.05) is 36.1 Å². The van der Waals surface area contributed by atoms with Crippen LogP contribution >= 0.6 is 0 Å². The number of pyridine rings is 1. The molecular formula is C19H24N4O3. The number of nitrogens with zero attached hydrogens (tertiary/aromatic N) is 2. The molecule has 1 atom stereocenters. The summed E-state index contributed by atoms with van der Waals surface area (Å²) in [6, 6.07) is 7.18. The highest BCUT2D eigenvalue weighted by molar-refractivity contribution is 5.88. The van der Waals surface area contributed by atoms with Crippen LogP contribution in [0.3, 0.4) is 0 Å². The smallest absolute Gasteiger partial charge is 0.237 e. The molecule has 0 radical (unpaired) electrons. The van der Waals surface area contributed by atoms with Crippen LogP contribution in [0.15, 0.2) is 41.1 Å². The van der Waals surface area contributed by atoms with Gasteiger partial charge >= 0.3 is 0 Å². The number of carbonyl (C=O) groups excluding carboxylic acids is 2. The van der Waals surface area contributed by atoms with Crippen LogP contribution in [0.5, 0.6) is 0 Å². The second kappa shape index (κ2) is 8.62. The van der Waals surface area contributed by atoms with Crippen LogP contribution in [0.2, 0.25) is 0 Å². The molecule has 7 nitrogen and oxygen atoms in total. The fourth-order valence-corrected chi connectivity index (χ4v) is 3.08. The average Bonchev–Trinajstić information content (AvgIpc) is 3.04. The largest absolute Gasteiger partial charge is 0.465 e. The molecule has 3 heterocycles. The number of rotatable bonds is 7. The summed E-state index contributed by atoms with van der Waals surface area (Å²) in [5.74, 6) is 1.41. The van der Waals surface area contributed by atoms with Crippen molar-refractivity contribution in [3.8, 4) is 0 Å². The topological polar surface area (TPSA) is 87.5 Å². The Morgan fingerprint density at radius 2 is 2.31 bits per heavy atom. The van der Waals surface area contributed by atoms with Gasteiger partial charge in [-0.25, -0.2) is 0 Å². The molecule has 2 aromatic heterocycles. The third kappa shape index (κ3) is 4.92. The highest BCUT2D eigenvalue weighted by Gasteiger charge is 2.32. The van der Waals surface area contributed by atoms with Gasteiger partial charge in [-0.2, -0.15) is 0 Å². The zero-order chi connectivity index (χ0) is 18.4. The molecule has 26 heavy (non-hydrogen) atoms. The summed E-state index contributed by atoms with van der Waals surface area (Å²) in [4.78, 5) is 30.6. The Hall–Kier alpha value is -2.67. The third-order valence-electron chi connectivity index (χ3n) is 4.43. The van der Waals surface area contributed by atoms with Crippen LogP contribution < -0.4 is 10.6 Å². The Balaban J connectivity index is 1.52. The van der Waals surface area contributed by atoms with Crippen LogP contribution in [0, 0.1) is 6.92 Å². The van der Waals surface area contributed by atoms with Gasteiger partial charge in [-0.3, -0.25) is 19.5 Å². The minimum Gasteiger partial charge on any atom is -0.465 e. The van der Waals surface area contributed by atoms with Gasteiger partial charge in [0.15, 0.2) is 0 Å². The van der Waals surface area contributed by atoms with Gasteiger partial charge < -0.3 is 15.1 Å². The highest BCUT2D eigenvalue weighted by Crippen LogP contribution is 2.15. The Labute approximate surface area is 152 Å². The van der Waals surface area contributed by atoms with Gasteiger partial charge in [-0.1, -0.05) is 6.07 Å². The third-order valence-corrected chi connectivity index (χ3v) is 4.43. The summed E-state index contributed by atoms with van der Waals surface area (Å²) >= 11 is 0. The van der Waals surface area contributed by atoms with Crippen LogP contribution in [0.4, 0.5) is 0 Å². The van der Waals surface area contributed by atoms with Crippen molar-refractivity contribution in [2.75, 3.05) is 19.6 Å². The average molecular weight is 356 g/mol. The number of furan rings is 1. The van der Waals surface area contributed by atoms with Crippen LogP contribution in [0.25, 0.3) is 0 Å². The van der Waals surface area contributed by atoms with Gasteiger partial charge in [0, 0.05) is 32.0 Å². The quantitative estimate of drug-likeness (QED) is 0.774. The Morgan fingerprint density at radius 1 is 1.42 bits per heavy atom. The number of amides is 2. The maximum Gasteiger partial charge on any atom is 0.237 e. The first kappa shape index (κ1) is 18.1. The number of nitrogens with one attached hydrogen (secondary N) is 2. The minimum absolute atomic E-state index is 0.109. The molecule has 0 bridgehead atoms. The SMILES string of the molecule is Cc1ccc(CN2CCNC(=O)C2CC(=O)NCCc2cccnc2)o1. The Bertz CT molecular complexity index is 744. The van der Waals surface area contributed by atoms with Gasteiger partial charge in [0.1, 0.15) is 11.5 Å². The zero-order valence-electron chi connectivity index (χ0n) is 14.9. The number of piperazine rings is 1. The predicted octanol–water partition coefficient (Wildman–Crippen LogP) is 1.03. The van der Waals surface area contributed by atoms with Crippen molar-refractivity contribution in [3.05, 3.63) is 53.7 Å². The summed E-state index contributed by atoms with van der Waals surface area (Å²) in [5.41, 5.74) is 1.07. The second-order valence-electron chi connectivity index (χ2n) is 6.46. The van der Waals surface area contributed by atoms with Crippen LogP contribution in [-0.2, 0) is 22.6 Å². The molecule has 0 aromatic carbocycles. The molecule has 0 aliphatic carbocycles. The lowest BCUT2D eigenvalue weighted by atomic mass is 10.1. The van der Waals surface area contributed by atoms with E-state index in [9.17, 15) is 9.59 Å². The molecule has 1 aliphatic heterocycles. The van der Waals surface area contributed by atoms with Crippen molar-refractivity contribution in [2.45, 2.75) is 32.4 Å². The maximum atomic E-state index is 12.3. The van der Waals surface area contributed by atoms with E-state index in [1.165, 1.54) is 0 Å². The van der Waals surface area contributed by atoms with E-state index >= 15 is 0 Å². The molecule has 138 valence electrons. The monoisotopic (exact) mass is 356 g/mol. The number of carbonyl (C=O) groups is 2. The number of hydrogen-bond acceptors (Lipinski definition) is 5. The van der Waals surface area contributed by atoms with E-state index in [2.05, 4.69) is 15.6 Å². The first-order chi connectivity index (χ1) is 12.6. The molecule has 2 amide bonds.